The number of fused-ring (bicyclic) bond motifs is 1. The van der Waals surface area contributed by atoms with Crippen LogP contribution in [0.4, 0.5) is 0 Å². The van der Waals surface area contributed by atoms with E-state index in [0.717, 1.165) is 10.2 Å². The molecule has 2 aromatic carbocycles. The number of thiazole rings is 1. The van der Waals surface area contributed by atoms with Crippen molar-refractivity contribution in [2.24, 2.45) is 0 Å². The van der Waals surface area contributed by atoms with Crippen molar-refractivity contribution in [2.75, 3.05) is 12.3 Å². The Labute approximate surface area is 208 Å². The van der Waals surface area contributed by atoms with Gasteiger partial charge in [-0.1, -0.05) is 12.1 Å². The van der Waals surface area contributed by atoms with Gasteiger partial charge in [0, 0.05) is 34.4 Å². The molecule has 0 spiro atoms. The van der Waals surface area contributed by atoms with Gasteiger partial charge in [-0.05, 0) is 42.3 Å². The topological polar surface area (TPSA) is 160 Å². The standard InChI is InChI=1S/C22H23N3O7S3/c26-12-17(11-21(27)28)25-35(31,32)18-4-1-3-15(9-18)13-34(30)8-2-7-23-22(29)16-5-6-19-20(10-16)33-14-24-19/h1,3-6,9-10,12,14,17,25H,2,7-8,11,13H2,(H,23,29)(H,27,28)/t17-,34?/m0/s1. The second kappa shape index (κ2) is 12.1. The predicted molar refractivity (Wildman–Crippen MR) is 132 cm³/mol. The van der Waals surface area contributed by atoms with Crippen molar-refractivity contribution in [1.29, 1.82) is 0 Å². The molecule has 0 aliphatic rings. The van der Waals surface area contributed by atoms with E-state index in [1.807, 2.05) is 4.72 Å². The van der Waals surface area contributed by atoms with Gasteiger partial charge in [0.1, 0.15) is 6.29 Å². The largest absolute Gasteiger partial charge is 0.481 e. The molecule has 1 aromatic heterocycles. The summed E-state index contributed by atoms with van der Waals surface area (Å²) in [6.45, 7) is 0.334. The summed E-state index contributed by atoms with van der Waals surface area (Å²) in [7, 11) is -5.44. The van der Waals surface area contributed by atoms with E-state index >= 15 is 0 Å². The van der Waals surface area contributed by atoms with Gasteiger partial charge in [0.25, 0.3) is 5.91 Å². The summed E-state index contributed by atoms with van der Waals surface area (Å²) >= 11 is 1.45. The molecule has 0 bridgehead atoms. The number of carboxylic acids is 1. The molecule has 186 valence electrons. The maximum absolute atomic E-state index is 12.5. The number of hydrogen-bond donors (Lipinski definition) is 3. The Morgan fingerprint density at radius 2 is 2.00 bits per heavy atom. The first-order valence-electron chi connectivity index (χ1n) is 10.4. The third-order valence-corrected chi connectivity index (χ3v) is 8.51. The summed E-state index contributed by atoms with van der Waals surface area (Å²) in [5.41, 5.74) is 3.58. The first-order chi connectivity index (χ1) is 16.7. The molecule has 1 heterocycles. The van der Waals surface area contributed by atoms with Gasteiger partial charge in [-0.15, -0.1) is 11.3 Å². The van der Waals surface area contributed by atoms with Gasteiger partial charge in [-0.2, -0.15) is 0 Å². The third-order valence-electron chi connectivity index (χ3n) is 4.83. The van der Waals surface area contributed by atoms with Crippen LogP contribution < -0.4 is 10.0 Å². The molecule has 1 unspecified atom stereocenters. The quantitative estimate of drug-likeness (QED) is 0.219. The number of nitrogens with one attached hydrogen (secondary N) is 2. The van der Waals surface area contributed by atoms with Crippen molar-refractivity contribution < 1.29 is 32.1 Å². The summed E-state index contributed by atoms with van der Waals surface area (Å²) in [4.78, 5) is 38.1. The highest BCUT2D eigenvalue weighted by Gasteiger charge is 2.22. The first-order valence-corrected chi connectivity index (χ1v) is 14.3. The van der Waals surface area contributed by atoms with Gasteiger partial charge >= 0.3 is 5.97 Å². The molecular weight excluding hydrogens is 514 g/mol. The molecule has 35 heavy (non-hydrogen) atoms. The summed E-state index contributed by atoms with van der Waals surface area (Å²) in [5.74, 6) is -1.14. The number of hydrogen-bond acceptors (Lipinski definition) is 8. The highest BCUT2D eigenvalue weighted by molar-refractivity contribution is 7.89. The third kappa shape index (κ3) is 7.75. The van der Waals surface area contributed by atoms with Gasteiger partial charge in [-0.3, -0.25) is 13.8 Å². The van der Waals surface area contributed by atoms with Crippen LogP contribution >= 0.6 is 11.3 Å². The lowest BCUT2D eigenvalue weighted by atomic mass is 10.2. The molecule has 0 saturated carbocycles. The summed E-state index contributed by atoms with van der Waals surface area (Å²) in [6, 6.07) is 9.60. The van der Waals surface area contributed by atoms with Gasteiger partial charge in [0.05, 0.1) is 33.1 Å². The highest BCUT2D eigenvalue weighted by atomic mass is 32.2. The molecule has 0 aliphatic carbocycles. The van der Waals surface area contributed by atoms with Gasteiger partial charge < -0.3 is 15.2 Å². The van der Waals surface area contributed by atoms with Crippen molar-refractivity contribution in [3.05, 3.63) is 59.1 Å². The zero-order valence-electron chi connectivity index (χ0n) is 18.4. The highest BCUT2D eigenvalue weighted by Crippen LogP contribution is 2.19. The number of sulfonamides is 1. The van der Waals surface area contributed by atoms with Crippen molar-refractivity contribution in [3.63, 3.8) is 0 Å². The van der Waals surface area contributed by atoms with E-state index in [1.165, 1.54) is 29.5 Å². The molecule has 3 rings (SSSR count). The smallest absolute Gasteiger partial charge is 0.305 e. The molecule has 13 heteroatoms. The number of rotatable bonds is 13. The van der Waals surface area contributed by atoms with Crippen molar-refractivity contribution in [3.8, 4) is 0 Å². The minimum atomic E-state index is -4.14. The van der Waals surface area contributed by atoms with E-state index in [-0.39, 0.29) is 22.8 Å². The number of aldehydes is 1. The summed E-state index contributed by atoms with van der Waals surface area (Å²) < 4.78 is 40.4. The maximum atomic E-state index is 12.5. The van der Waals surface area contributed by atoms with E-state index in [0.29, 0.717) is 29.8 Å². The van der Waals surface area contributed by atoms with Gasteiger partial charge in [0.2, 0.25) is 10.0 Å². The van der Waals surface area contributed by atoms with Crippen LogP contribution in [0.2, 0.25) is 0 Å². The number of amides is 1. The minimum Gasteiger partial charge on any atom is -0.481 e. The van der Waals surface area contributed by atoms with Crippen LogP contribution in [0.1, 0.15) is 28.8 Å². The first kappa shape index (κ1) is 26.6. The van der Waals surface area contributed by atoms with Crippen LogP contribution in [0, 0.1) is 0 Å². The fraction of sp³-hybridized carbons (Fsp3) is 0.273. The molecule has 0 fully saturated rings. The molecule has 0 saturated heterocycles. The normalized spacial score (nSPS) is 13.3. The number of benzene rings is 2. The van der Waals surface area contributed by atoms with Crippen LogP contribution in [-0.4, -0.2) is 59.2 Å². The van der Waals surface area contributed by atoms with Crippen molar-refractivity contribution >= 4 is 60.5 Å². The van der Waals surface area contributed by atoms with Crippen molar-refractivity contribution in [1.82, 2.24) is 15.0 Å². The number of carboxylic acid groups (broad SMARTS) is 1. The predicted octanol–water partition coefficient (Wildman–Crippen LogP) is 1.69. The lowest BCUT2D eigenvalue weighted by Gasteiger charge is -2.12. The molecular formula is C22H23N3O7S3. The van der Waals surface area contributed by atoms with Crippen LogP contribution in [-0.2, 0) is 36.2 Å². The van der Waals surface area contributed by atoms with E-state index in [9.17, 15) is 27.0 Å². The molecule has 3 aromatic rings. The van der Waals surface area contributed by atoms with Gasteiger partial charge in [0.15, 0.2) is 0 Å². The van der Waals surface area contributed by atoms with E-state index in [4.69, 9.17) is 5.11 Å². The SMILES string of the molecule is O=C[C@H](CC(=O)O)NS(=O)(=O)c1cccc(CS(=O)CCCNC(=O)c2ccc3ncsc3c2)c1. The van der Waals surface area contributed by atoms with Gasteiger partial charge in [-0.25, -0.2) is 18.1 Å². The number of aliphatic carboxylic acids is 1. The summed E-state index contributed by atoms with van der Waals surface area (Å²) in [5, 5.41) is 11.6. The fourth-order valence-corrected chi connectivity index (χ4v) is 6.28. The fourth-order valence-electron chi connectivity index (χ4n) is 3.17. The summed E-state index contributed by atoms with van der Waals surface area (Å²) in [6.07, 6.45) is 0.0147. The second-order valence-corrected chi connectivity index (χ2v) is 11.7. The Hall–Kier alpha value is -3.00. The average Bonchev–Trinajstić information content (AvgIpc) is 3.29. The Kier molecular flexibility index (Phi) is 9.20. The number of carbonyl (C=O) groups is 3. The number of nitrogens with zero attached hydrogens (tertiary/aromatic N) is 1. The maximum Gasteiger partial charge on any atom is 0.305 e. The van der Waals surface area contributed by atoms with E-state index in [1.54, 1.807) is 29.8 Å². The zero-order chi connectivity index (χ0) is 25.4. The van der Waals surface area contributed by atoms with Crippen molar-refractivity contribution in [2.45, 2.75) is 29.5 Å². The monoisotopic (exact) mass is 537 g/mol. The van der Waals surface area contributed by atoms with Crippen LogP contribution in [0.25, 0.3) is 10.2 Å². The van der Waals surface area contributed by atoms with E-state index < -0.39 is 39.3 Å². The van der Waals surface area contributed by atoms with Crippen LogP contribution in [0.15, 0.2) is 52.9 Å². The zero-order valence-corrected chi connectivity index (χ0v) is 20.8. The number of aromatic nitrogens is 1. The molecule has 0 radical (unpaired) electrons. The molecule has 3 N–H and O–H groups in total. The van der Waals surface area contributed by atoms with E-state index in [2.05, 4.69) is 10.3 Å². The average molecular weight is 538 g/mol. The lowest BCUT2D eigenvalue weighted by Crippen LogP contribution is -2.37. The molecule has 2 atom stereocenters. The molecule has 1 amide bonds. The Bertz CT molecular complexity index is 1360. The van der Waals surface area contributed by atoms with Crippen LogP contribution in [0.3, 0.4) is 0 Å². The molecule has 10 nitrogen and oxygen atoms in total. The Balaban J connectivity index is 1.49. The second-order valence-electron chi connectivity index (χ2n) is 7.54. The molecule has 0 aliphatic heterocycles. The van der Waals surface area contributed by atoms with Crippen LogP contribution in [0.5, 0.6) is 0 Å². The lowest BCUT2D eigenvalue weighted by molar-refractivity contribution is -0.138. The minimum absolute atomic E-state index is 0.103. The number of carbonyl (C=O) groups excluding carboxylic acids is 2. The Morgan fingerprint density at radius 1 is 1.20 bits per heavy atom. The Morgan fingerprint density at radius 3 is 2.74 bits per heavy atom.